The predicted molar refractivity (Wildman–Crippen MR) is 128 cm³/mol. The van der Waals surface area contributed by atoms with Crippen LogP contribution in [0.3, 0.4) is 0 Å². The fourth-order valence-corrected chi connectivity index (χ4v) is 7.10. The standard InChI is InChI=1S/C28H32N2O3/c1-17(31)26-20-13-25-27-21(19-11-7-8-12-23(19)29(27)2)14-24(22(20)16-33-28(26)32-3)30(25)15-18-9-5-4-6-10-18/h4-12,20,22,24-26,28H,13-16H2,1-3H3/t20-,22-,24-,25-,26?,28+/m1/s1. The van der Waals surface area contributed by atoms with Gasteiger partial charge in [-0.1, -0.05) is 48.5 Å². The molecule has 6 atom stereocenters. The second-order valence-corrected chi connectivity index (χ2v) is 10.0. The Morgan fingerprint density at radius 2 is 1.85 bits per heavy atom. The lowest BCUT2D eigenvalue weighted by Gasteiger charge is -2.57. The first kappa shape index (κ1) is 21.1. The molecule has 3 aliphatic heterocycles. The summed E-state index contributed by atoms with van der Waals surface area (Å²) < 4.78 is 14.2. The average Bonchev–Trinajstić information content (AvgIpc) is 3.11. The van der Waals surface area contributed by atoms with Crippen molar-refractivity contribution >= 4 is 16.7 Å². The molecule has 0 N–H and O–H groups in total. The number of hydrogen-bond acceptors (Lipinski definition) is 4. The number of carbonyl (C=O) groups is 1. The van der Waals surface area contributed by atoms with Crippen LogP contribution in [0.2, 0.25) is 0 Å². The van der Waals surface area contributed by atoms with E-state index >= 15 is 0 Å². The van der Waals surface area contributed by atoms with Gasteiger partial charge in [0.05, 0.1) is 18.6 Å². The zero-order chi connectivity index (χ0) is 22.7. The lowest BCUT2D eigenvalue weighted by molar-refractivity contribution is -0.232. The minimum atomic E-state index is -0.433. The van der Waals surface area contributed by atoms with E-state index < -0.39 is 6.29 Å². The highest BCUT2D eigenvalue weighted by Crippen LogP contribution is 2.53. The number of rotatable bonds is 4. The maximum absolute atomic E-state index is 12.8. The third kappa shape index (κ3) is 3.21. The van der Waals surface area contributed by atoms with Crippen LogP contribution >= 0.6 is 0 Å². The number of aromatic nitrogens is 1. The molecule has 2 fully saturated rings. The van der Waals surface area contributed by atoms with Gasteiger partial charge in [0, 0.05) is 49.3 Å². The number of carbonyl (C=O) groups excluding carboxylic acids is 1. The number of ether oxygens (including phenoxy) is 2. The van der Waals surface area contributed by atoms with Crippen LogP contribution in [0, 0.1) is 17.8 Å². The first-order valence-corrected chi connectivity index (χ1v) is 12.1. The van der Waals surface area contributed by atoms with Crippen molar-refractivity contribution in [2.45, 2.75) is 44.7 Å². The molecule has 0 aliphatic carbocycles. The topological polar surface area (TPSA) is 43.7 Å². The van der Waals surface area contributed by atoms with Crippen molar-refractivity contribution in [3.63, 3.8) is 0 Å². The average molecular weight is 445 g/mol. The highest BCUT2D eigenvalue weighted by Gasteiger charge is 2.55. The fraction of sp³-hybridized carbons (Fsp3) is 0.464. The molecule has 4 heterocycles. The Hall–Kier alpha value is -2.47. The van der Waals surface area contributed by atoms with Crippen LogP contribution in [0.1, 0.15) is 36.2 Å². The number of fused-ring (bicyclic) bond motifs is 8. The van der Waals surface area contributed by atoms with E-state index in [0.29, 0.717) is 18.6 Å². The maximum Gasteiger partial charge on any atom is 0.167 e. The molecule has 2 bridgehead atoms. The van der Waals surface area contributed by atoms with Gasteiger partial charge < -0.3 is 14.0 Å². The van der Waals surface area contributed by atoms with Crippen molar-refractivity contribution in [3.8, 4) is 0 Å². The second kappa shape index (κ2) is 8.08. The molecule has 5 heteroatoms. The molecule has 6 rings (SSSR count). The van der Waals surface area contributed by atoms with Crippen molar-refractivity contribution in [2.24, 2.45) is 24.8 Å². The fourth-order valence-electron chi connectivity index (χ4n) is 7.10. The molecule has 172 valence electrons. The highest BCUT2D eigenvalue weighted by molar-refractivity contribution is 5.86. The highest BCUT2D eigenvalue weighted by atomic mass is 16.7. The molecule has 3 aliphatic rings. The van der Waals surface area contributed by atoms with Gasteiger partial charge in [0.15, 0.2) is 6.29 Å². The van der Waals surface area contributed by atoms with E-state index in [-0.39, 0.29) is 23.7 Å². The van der Waals surface area contributed by atoms with Crippen LogP contribution in [0.4, 0.5) is 0 Å². The molecule has 0 spiro atoms. The number of benzene rings is 2. The first-order chi connectivity index (χ1) is 16.1. The Kier molecular flexibility index (Phi) is 5.17. The lowest BCUT2D eigenvalue weighted by Crippen LogP contribution is -2.61. The zero-order valence-corrected chi connectivity index (χ0v) is 19.6. The van der Waals surface area contributed by atoms with Gasteiger partial charge in [-0.05, 0) is 42.9 Å². The Morgan fingerprint density at radius 1 is 1.09 bits per heavy atom. The van der Waals surface area contributed by atoms with Crippen molar-refractivity contribution < 1.29 is 14.3 Å². The Morgan fingerprint density at radius 3 is 2.61 bits per heavy atom. The van der Waals surface area contributed by atoms with Crippen molar-refractivity contribution in [3.05, 3.63) is 71.4 Å². The number of para-hydroxylation sites is 1. The summed E-state index contributed by atoms with van der Waals surface area (Å²) in [6.07, 6.45) is 1.52. The third-order valence-corrected chi connectivity index (χ3v) is 8.47. The zero-order valence-electron chi connectivity index (χ0n) is 19.6. The minimum Gasteiger partial charge on any atom is -0.355 e. The normalized spacial score (nSPS) is 31.2. The third-order valence-electron chi connectivity index (χ3n) is 8.47. The SMILES string of the molecule is CO[C@H]1OC[C@H]2[C@H]3Cc4c(n(C)c5ccccc45)[C@@H](C[C@H]2C1C(C)=O)N3Cc1ccccc1. The maximum atomic E-state index is 12.8. The Bertz CT molecular complexity index is 1190. The van der Waals surface area contributed by atoms with Crippen molar-refractivity contribution in [1.82, 2.24) is 9.47 Å². The molecule has 33 heavy (non-hydrogen) atoms. The van der Waals surface area contributed by atoms with Crippen LogP contribution < -0.4 is 0 Å². The predicted octanol–water partition coefficient (Wildman–Crippen LogP) is 4.49. The van der Waals surface area contributed by atoms with Gasteiger partial charge in [-0.25, -0.2) is 0 Å². The summed E-state index contributed by atoms with van der Waals surface area (Å²) in [7, 11) is 3.87. The number of ketones is 1. The molecule has 0 amide bonds. The van der Waals surface area contributed by atoms with Gasteiger partial charge in [0.25, 0.3) is 0 Å². The number of Topliss-reactive ketones (excluding diaryl/α,β-unsaturated/α-hetero) is 1. The molecular weight excluding hydrogens is 412 g/mol. The van der Waals surface area contributed by atoms with E-state index in [0.717, 1.165) is 19.4 Å². The monoisotopic (exact) mass is 444 g/mol. The number of nitrogens with zero attached hydrogens (tertiary/aromatic N) is 2. The van der Waals surface area contributed by atoms with Crippen LogP contribution in [0.15, 0.2) is 54.6 Å². The Balaban J connectivity index is 1.49. The van der Waals surface area contributed by atoms with Gasteiger partial charge in [-0.15, -0.1) is 0 Å². The van der Waals surface area contributed by atoms with E-state index in [4.69, 9.17) is 9.47 Å². The molecule has 1 unspecified atom stereocenters. The van der Waals surface area contributed by atoms with Crippen LogP contribution in [-0.4, -0.2) is 41.3 Å². The van der Waals surface area contributed by atoms with Gasteiger partial charge in [-0.3, -0.25) is 9.69 Å². The van der Waals surface area contributed by atoms with E-state index in [1.54, 1.807) is 14.0 Å². The van der Waals surface area contributed by atoms with E-state index in [1.807, 2.05) is 0 Å². The van der Waals surface area contributed by atoms with Crippen molar-refractivity contribution in [1.29, 1.82) is 0 Å². The van der Waals surface area contributed by atoms with Gasteiger partial charge in [0.1, 0.15) is 5.78 Å². The van der Waals surface area contributed by atoms with E-state index in [9.17, 15) is 4.79 Å². The van der Waals surface area contributed by atoms with E-state index in [1.165, 1.54) is 27.7 Å². The summed E-state index contributed by atoms with van der Waals surface area (Å²) in [5.41, 5.74) is 5.54. The molecule has 5 nitrogen and oxygen atoms in total. The van der Waals surface area contributed by atoms with E-state index in [2.05, 4.69) is 71.1 Å². The lowest BCUT2D eigenvalue weighted by atomic mass is 9.64. The van der Waals surface area contributed by atoms with Crippen LogP contribution in [-0.2, 0) is 34.3 Å². The van der Waals surface area contributed by atoms with Crippen molar-refractivity contribution in [2.75, 3.05) is 13.7 Å². The number of hydrogen-bond donors (Lipinski definition) is 0. The quantitative estimate of drug-likeness (QED) is 0.595. The molecule has 2 aromatic carbocycles. The summed E-state index contributed by atoms with van der Waals surface area (Å²) in [4.78, 5) is 15.5. The second-order valence-electron chi connectivity index (χ2n) is 10.0. The van der Waals surface area contributed by atoms with Gasteiger partial charge in [0.2, 0.25) is 0 Å². The summed E-state index contributed by atoms with van der Waals surface area (Å²) in [6, 6.07) is 20.2. The molecule has 0 saturated carbocycles. The van der Waals surface area contributed by atoms with Gasteiger partial charge in [-0.2, -0.15) is 0 Å². The minimum absolute atomic E-state index is 0.184. The number of aryl methyl sites for hydroxylation is 1. The van der Waals surface area contributed by atoms with Gasteiger partial charge >= 0.3 is 0 Å². The first-order valence-electron chi connectivity index (χ1n) is 12.1. The molecule has 2 saturated heterocycles. The summed E-state index contributed by atoms with van der Waals surface area (Å²) in [5, 5.41) is 1.37. The Labute approximate surface area is 195 Å². The molecule has 0 radical (unpaired) electrons. The number of methoxy groups -OCH3 is 1. The molecule has 1 aromatic heterocycles. The largest absolute Gasteiger partial charge is 0.355 e. The smallest absolute Gasteiger partial charge is 0.167 e. The van der Waals surface area contributed by atoms with Crippen LogP contribution in [0.5, 0.6) is 0 Å². The molecule has 3 aromatic rings. The summed E-state index contributed by atoms with van der Waals surface area (Å²) in [6.45, 7) is 3.27. The molecular formula is C28H32N2O3. The summed E-state index contributed by atoms with van der Waals surface area (Å²) >= 11 is 0. The summed E-state index contributed by atoms with van der Waals surface area (Å²) in [5.74, 6) is 0.573. The number of piperidine rings is 1. The van der Waals surface area contributed by atoms with Crippen LogP contribution in [0.25, 0.3) is 10.9 Å².